The first-order valence-corrected chi connectivity index (χ1v) is 9.53. The average Bonchev–Trinajstić information content (AvgIpc) is 2.68. The Morgan fingerprint density at radius 3 is 2.15 bits per heavy atom. The molecule has 0 saturated heterocycles. The van der Waals surface area contributed by atoms with Crippen LogP contribution in [0.1, 0.15) is 54.3 Å². The van der Waals surface area contributed by atoms with E-state index < -0.39 is 0 Å². The highest BCUT2D eigenvalue weighted by Gasteiger charge is 2.15. The van der Waals surface area contributed by atoms with Gasteiger partial charge in [-0.3, -0.25) is 9.59 Å². The van der Waals surface area contributed by atoms with Gasteiger partial charge in [0.15, 0.2) is 0 Å². The molecule has 2 rings (SSSR count). The van der Waals surface area contributed by atoms with Gasteiger partial charge in [-0.15, -0.1) is 0 Å². The molecule has 0 fully saturated rings. The zero-order chi connectivity index (χ0) is 19.6. The van der Waals surface area contributed by atoms with Crippen LogP contribution in [0.5, 0.6) is 5.75 Å². The summed E-state index contributed by atoms with van der Waals surface area (Å²) in [5.74, 6) is 0.342. The van der Waals surface area contributed by atoms with E-state index in [0.717, 1.165) is 25.9 Å². The quantitative estimate of drug-likeness (QED) is 0.704. The maximum Gasteiger partial charge on any atom is 0.259 e. The van der Waals surface area contributed by atoms with Crippen molar-refractivity contribution in [2.75, 3.05) is 25.0 Å². The highest BCUT2D eigenvalue weighted by Crippen LogP contribution is 2.20. The molecule has 0 atom stereocenters. The number of amides is 2. The number of benzene rings is 2. The van der Waals surface area contributed by atoms with E-state index in [1.165, 1.54) is 0 Å². The van der Waals surface area contributed by atoms with Crippen LogP contribution in [0.15, 0.2) is 48.5 Å². The van der Waals surface area contributed by atoms with Crippen LogP contribution in [0.4, 0.5) is 5.69 Å². The second-order valence-corrected chi connectivity index (χ2v) is 6.25. The van der Waals surface area contributed by atoms with Gasteiger partial charge < -0.3 is 15.0 Å². The van der Waals surface area contributed by atoms with Gasteiger partial charge in [0.05, 0.1) is 12.2 Å². The minimum Gasteiger partial charge on any atom is -0.493 e. The summed E-state index contributed by atoms with van der Waals surface area (Å²) in [5, 5.41) is 2.86. The normalized spacial score (nSPS) is 10.3. The molecule has 0 saturated carbocycles. The number of rotatable bonds is 9. The predicted octanol–water partition coefficient (Wildman–Crippen LogP) is 4.60. The summed E-state index contributed by atoms with van der Waals surface area (Å²) in [6, 6.07) is 14.2. The number of para-hydroxylation sites is 1. The fourth-order valence-corrected chi connectivity index (χ4v) is 2.87. The fraction of sp³-hybridized carbons (Fsp3) is 0.364. The number of hydrogen-bond acceptors (Lipinski definition) is 3. The third-order valence-electron chi connectivity index (χ3n) is 4.10. The number of carbonyl (C=O) groups is 2. The van der Waals surface area contributed by atoms with Crippen LogP contribution in [0.2, 0.25) is 0 Å². The van der Waals surface area contributed by atoms with E-state index in [0.29, 0.717) is 29.2 Å². The Kier molecular flexibility index (Phi) is 7.86. The van der Waals surface area contributed by atoms with E-state index in [9.17, 15) is 9.59 Å². The largest absolute Gasteiger partial charge is 0.493 e. The third-order valence-corrected chi connectivity index (χ3v) is 4.10. The van der Waals surface area contributed by atoms with Gasteiger partial charge in [-0.2, -0.15) is 0 Å². The second-order valence-electron chi connectivity index (χ2n) is 6.25. The summed E-state index contributed by atoms with van der Waals surface area (Å²) >= 11 is 0. The Bertz CT molecular complexity index is 750. The van der Waals surface area contributed by atoms with Crippen molar-refractivity contribution < 1.29 is 14.3 Å². The second kappa shape index (κ2) is 10.4. The summed E-state index contributed by atoms with van der Waals surface area (Å²) in [6.45, 7) is 8.00. The molecule has 0 unspecified atom stereocenters. The van der Waals surface area contributed by atoms with E-state index >= 15 is 0 Å². The number of hydrogen-bond donors (Lipinski definition) is 1. The smallest absolute Gasteiger partial charge is 0.259 e. The summed E-state index contributed by atoms with van der Waals surface area (Å²) in [7, 11) is 0. The van der Waals surface area contributed by atoms with Gasteiger partial charge in [-0.05, 0) is 56.2 Å². The average molecular weight is 368 g/mol. The Hall–Kier alpha value is -2.82. The van der Waals surface area contributed by atoms with Crippen LogP contribution in [0.3, 0.4) is 0 Å². The van der Waals surface area contributed by atoms with E-state index in [1.807, 2.05) is 17.9 Å². The minimum absolute atomic E-state index is 0.0262. The van der Waals surface area contributed by atoms with Crippen molar-refractivity contribution in [2.24, 2.45) is 0 Å². The Morgan fingerprint density at radius 1 is 0.926 bits per heavy atom. The molecule has 0 aromatic heterocycles. The standard InChI is InChI=1S/C22H28N2O3/c1-4-15-24(16-5-2)22(26)17-11-13-18(14-12-17)23-21(25)19-9-7-8-10-20(19)27-6-3/h7-14H,4-6,15-16H2,1-3H3,(H,23,25). The monoisotopic (exact) mass is 368 g/mol. The van der Waals surface area contributed by atoms with Crippen molar-refractivity contribution in [1.82, 2.24) is 4.90 Å². The first kappa shape index (κ1) is 20.5. The zero-order valence-electron chi connectivity index (χ0n) is 16.3. The molecule has 2 aromatic carbocycles. The lowest BCUT2D eigenvalue weighted by molar-refractivity contribution is 0.0755. The summed E-state index contributed by atoms with van der Waals surface area (Å²) in [4.78, 5) is 27.0. The van der Waals surface area contributed by atoms with E-state index in [1.54, 1.807) is 42.5 Å². The number of nitrogens with zero attached hydrogens (tertiary/aromatic N) is 1. The molecule has 0 bridgehead atoms. The molecule has 2 aromatic rings. The van der Waals surface area contributed by atoms with Gasteiger partial charge in [-0.25, -0.2) is 0 Å². The Morgan fingerprint density at radius 2 is 1.56 bits per heavy atom. The predicted molar refractivity (Wildman–Crippen MR) is 108 cm³/mol. The Labute approximate surface area is 161 Å². The fourth-order valence-electron chi connectivity index (χ4n) is 2.87. The van der Waals surface area contributed by atoms with Gasteiger partial charge in [-0.1, -0.05) is 26.0 Å². The molecule has 0 spiro atoms. The van der Waals surface area contributed by atoms with Gasteiger partial charge in [0, 0.05) is 24.3 Å². The highest BCUT2D eigenvalue weighted by atomic mass is 16.5. The molecular weight excluding hydrogens is 340 g/mol. The van der Waals surface area contributed by atoms with Crippen LogP contribution >= 0.6 is 0 Å². The van der Waals surface area contributed by atoms with Crippen LogP contribution in [-0.2, 0) is 0 Å². The lowest BCUT2D eigenvalue weighted by Crippen LogP contribution is -2.32. The molecule has 0 heterocycles. The first-order valence-electron chi connectivity index (χ1n) is 9.53. The van der Waals surface area contributed by atoms with Crippen LogP contribution in [0, 0.1) is 0 Å². The summed E-state index contributed by atoms with van der Waals surface area (Å²) in [6.07, 6.45) is 1.86. The number of anilines is 1. The van der Waals surface area contributed by atoms with Crippen LogP contribution < -0.4 is 10.1 Å². The first-order chi connectivity index (χ1) is 13.1. The van der Waals surface area contributed by atoms with Gasteiger partial charge in [0.2, 0.25) is 0 Å². The number of nitrogens with one attached hydrogen (secondary N) is 1. The van der Waals surface area contributed by atoms with Gasteiger partial charge in [0.25, 0.3) is 11.8 Å². The van der Waals surface area contributed by atoms with Crippen LogP contribution in [0.25, 0.3) is 0 Å². The molecule has 2 amide bonds. The molecule has 5 nitrogen and oxygen atoms in total. The molecular formula is C22H28N2O3. The molecule has 1 N–H and O–H groups in total. The van der Waals surface area contributed by atoms with E-state index in [2.05, 4.69) is 19.2 Å². The van der Waals surface area contributed by atoms with Gasteiger partial charge >= 0.3 is 0 Å². The molecule has 27 heavy (non-hydrogen) atoms. The highest BCUT2D eigenvalue weighted by molar-refractivity contribution is 6.06. The van der Waals surface area contributed by atoms with Gasteiger partial charge in [0.1, 0.15) is 5.75 Å². The molecule has 5 heteroatoms. The van der Waals surface area contributed by atoms with Crippen molar-refractivity contribution in [3.8, 4) is 5.75 Å². The molecule has 0 aliphatic heterocycles. The SMILES string of the molecule is CCCN(CCC)C(=O)c1ccc(NC(=O)c2ccccc2OCC)cc1. The number of ether oxygens (including phenoxy) is 1. The van der Waals surface area contributed by atoms with Crippen molar-refractivity contribution in [3.05, 3.63) is 59.7 Å². The van der Waals surface area contributed by atoms with Crippen molar-refractivity contribution in [2.45, 2.75) is 33.6 Å². The van der Waals surface area contributed by atoms with E-state index in [4.69, 9.17) is 4.74 Å². The lowest BCUT2D eigenvalue weighted by atomic mass is 10.1. The van der Waals surface area contributed by atoms with Crippen molar-refractivity contribution in [1.29, 1.82) is 0 Å². The zero-order valence-corrected chi connectivity index (χ0v) is 16.3. The molecule has 0 aliphatic rings. The molecule has 0 radical (unpaired) electrons. The molecule has 144 valence electrons. The van der Waals surface area contributed by atoms with Crippen molar-refractivity contribution in [3.63, 3.8) is 0 Å². The maximum atomic E-state index is 12.6. The lowest BCUT2D eigenvalue weighted by Gasteiger charge is -2.21. The van der Waals surface area contributed by atoms with Crippen molar-refractivity contribution >= 4 is 17.5 Å². The molecule has 0 aliphatic carbocycles. The van der Waals surface area contributed by atoms with Crippen LogP contribution in [-0.4, -0.2) is 36.4 Å². The Balaban J connectivity index is 2.09. The third kappa shape index (κ3) is 5.58. The summed E-state index contributed by atoms with van der Waals surface area (Å²) < 4.78 is 5.51. The topological polar surface area (TPSA) is 58.6 Å². The summed E-state index contributed by atoms with van der Waals surface area (Å²) in [5.41, 5.74) is 1.75. The number of carbonyl (C=O) groups excluding carboxylic acids is 2. The minimum atomic E-state index is -0.239. The van der Waals surface area contributed by atoms with E-state index in [-0.39, 0.29) is 11.8 Å². The maximum absolute atomic E-state index is 12.6.